The highest BCUT2D eigenvalue weighted by Crippen LogP contribution is 2.09. The molecule has 0 aromatic heterocycles. The lowest BCUT2D eigenvalue weighted by Gasteiger charge is -2.34. The average molecular weight is 328 g/mol. The molecule has 0 aromatic carbocycles. The third kappa shape index (κ3) is 5.20. The summed E-state index contributed by atoms with van der Waals surface area (Å²) < 4.78 is 0. The number of nitrogens with zero attached hydrogens (tertiary/aromatic N) is 1. The number of carbonyl (C=O) groups is 4. The first-order chi connectivity index (χ1) is 10.8. The van der Waals surface area contributed by atoms with Crippen molar-refractivity contribution in [2.24, 2.45) is 5.92 Å². The zero-order valence-corrected chi connectivity index (χ0v) is 13.5. The molecule has 3 amide bonds. The zero-order chi connectivity index (χ0) is 17.6. The van der Waals surface area contributed by atoms with E-state index in [1.54, 1.807) is 13.8 Å². The van der Waals surface area contributed by atoms with Gasteiger partial charge < -0.3 is 15.7 Å². The number of amides is 3. The van der Waals surface area contributed by atoms with Gasteiger partial charge in [0.25, 0.3) is 5.91 Å². The van der Waals surface area contributed by atoms with Gasteiger partial charge in [-0.05, 0) is 25.7 Å². The van der Waals surface area contributed by atoms with E-state index in [0.717, 1.165) is 0 Å². The monoisotopic (exact) mass is 328 g/mol. The van der Waals surface area contributed by atoms with Gasteiger partial charge in [-0.25, -0.2) is 5.43 Å². The lowest BCUT2D eigenvalue weighted by atomic mass is 10.0. The van der Waals surface area contributed by atoms with Gasteiger partial charge in [0.05, 0.1) is 0 Å². The number of nitrogens with one attached hydrogen (secondary N) is 3. The van der Waals surface area contributed by atoms with E-state index in [2.05, 4.69) is 16.1 Å². The van der Waals surface area contributed by atoms with Crippen LogP contribution in [0.4, 0.5) is 0 Å². The van der Waals surface area contributed by atoms with Crippen LogP contribution in [-0.4, -0.2) is 59.0 Å². The Balaban J connectivity index is 2.63. The molecule has 0 bridgehead atoms. The van der Waals surface area contributed by atoms with Gasteiger partial charge in [0.1, 0.15) is 18.1 Å². The molecule has 23 heavy (non-hydrogen) atoms. The van der Waals surface area contributed by atoms with Crippen molar-refractivity contribution >= 4 is 24.2 Å². The fourth-order valence-corrected chi connectivity index (χ4v) is 2.37. The molecule has 0 aromatic rings. The van der Waals surface area contributed by atoms with Crippen molar-refractivity contribution in [3.8, 4) is 0 Å². The summed E-state index contributed by atoms with van der Waals surface area (Å²) >= 11 is 0. The second kappa shape index (κ2) is 8.47. The number of carboxylic acid groups (broad SMARTS) is 1. The quantitative estimate of drug-likeness (QED) is 0.437. The van der Waals surface area contributed by atoms with Crippen LogP contribution >= 0.6 is 0 Å². The molecule has 1 fully saturated rings. The third-order valence-corrected chi connectivity index (χ3v) is 3.68. The summed E-state index contributed by atoms with van der Waals surface area (Å²) in [6, 6.07) is -2.38. The van der Waals surface area contributed by atoms with E-state index >= 15 is 0 Å². The van der Waals surface area contributed by atoms with Gasteiger partial charge in [0.2, 0.25) is 12.3 Å². The number of carbonyl (C=O) groups excluding carboxylic acids is 3. The Morgan fingerprint density at radius 3 is 2.48 bits per heavy atom. The van der Waals surface area contributed by atoms with Crippen molar-refractivity contribution in [2.75, 3.05) is 6.54 Å². The van der Waals surface area contributed by atoms with Gasteiger partial charge in [-0.15, -0.1) is 0 Å². The highest BCUT2D eigenvalue weighted by molar-refractivity contribution is 5.90. The summed E-state index contributed by atoms with van der Waals surface area (Å²) in [6.45, 7) is 5.45. The van der Waals surface area contributed by atoms with Crippen LogP contribution in [0.1, 0.15) is 33.6 Å². The van der Waals surface area contributed by atoms with Crippen molar-refractivity contribution in [1.82, 2.24) is 21.1 Å². The van der Waals surface area contributed by atoms with Crippen LogP contribution in [0.3, 0.4) is 0 Å². The molecule has 1 unspecified atom stereocenters. The lowest BCUT2D eigenvalue weighted by molar-refractivity contribution is -0.148. The number of hydrogen-bond acceptors (Lipinski definition) is 5. The molecule has 4 N–H and O–H groups in total. The van der Waals surface area contributed by atoms with E-state index in [4.69, 9.17) is 5.11 Å². The Labute approximate surface area is 134 Å². The number of aliphatic carboxylic acids is 1. The minimum Gasteiger partial charge on any atom is -0.480 e. The van der Waals surface area contributed by atoms with E-state index in [0.29, 0.717) is 25.8 Å². The lowest BCUT2D eigenvalue weighted by Crippen LogP contribution is -2.60. The van der Waals surface area contributed by atoms with Crippen molar-refractivity contribution in [2.45, 2.75) is 51.7 Å². The molecule has 1 saturated heterocycles. The van der Waals surface area contributed by atoms with Gasteiger partial charge >= 0.3 is 5.97 Å². The van der Waals surface area contributed by atoms with Crippen molar-refractivity contribution < 1.29 is 24.3 Å². The molecule has 0 saturated carbocycles. The van der Waals surface area contributed by atoms with Gasteiger partial charge in [-0.2, -0.15) is 0 Å². The van der Waals surface area contributed by atoms with E-state index < -0.39 is 35.9 Å². The maximum absolute atomic E-state index is 12.3. The topological polar surface area (TPSA) is 128 Å². The summed E-state index contributed by atoms with van der Waals surface area (Å²) in [5.74, 6) is -2.03. The van der Waals surface area contributed by atoms with Crippen LogP contribution in [0.5, 0.6) is 0 Å². The molecule has 1 aliphatic heterocycles. The molecule has 3 atom stereocenters. The van der Waals surface area contributed by atoms with Crippen molar-refractivity contribution in [3.63, 3.8) is 0 Å². The standard InChI is InChI=1S/C14H24N4O5/c1-8(2)11(15-7-19)12(20)16-9(3)13(21)18-6-4-5-10(17-18)14(22)23/h7-11,17H,4-6H2,1-3H3,(H,15,19)(H,16,20)(H,22,23)/t9-,10-,11?/m0/s1. The Kier molecular flexibility index (Phi) is 6.95. The van der Waals surface area contributed by atoms with Gasteiger partial charge in [0, 0.05) is 6.54 Å². The molecule has 1 rings (SSSR count). The van der Waals surface area contributed by atoms with E-state index in [9.17, 15) is 19.2 Å². The van der Waals surface area contributed by atoms with Crippen molar-refractivity contribution in [1.29, 1.82) is 0 Å². The molecule has 1 aliphatic rings. The molecule has 130 valence electrons. The molecule has 9 nitrogen and oxygen atoms in total. The summed E-state index contributed by atoms with van der Waals surface area (Å²) in [6.07, 6.45) is 1.45. The second-order valence-electron chi connectivity index (χ2n) is 5.89. The summed E-state index contributed by atoms with van der Waals surface area (Å²) in [5.41, 5.74) is 2.65. The summed E-state index contributed by atoms with van der Waals surface area (Å²) in [7, 11) is 0. The minimum atomic E-state index is -1.02. The SMILES string of the molecule is CC(C)C(NC=O)C(=O)N[C@@H](C)C(=O)N1CCC[C@@H](C(=O)O)N1. The normalized spacial score (nSPS) is 20.5. The first kappa shape index (κ1) is 18.9. The molecule has 0 spiro atoms. The predicted octanol–water partition coefficient (Wildman–Crippen LogP) is -1.16. The first-order valence-corrected chi connectivity index (χ1v) is 7.58. The van der Waals surface area contributed by atoms with Gasteiger partial charge in [-0.1, -0.05) is 13.8 Å². The Morgan fingerprint density at radius 1 is 1.30 bits per heavy atom. The largest absolute Gasteiger partial charge is 0.480 e. The second-order valence-corrected chi connectivity index (χ2v) is 5.89. The number of rotatable bonds is 7. The first-order valence-electron chi connectivity index (χ1n) is 7.58. The molecule has 1 heterocycles. The van der Waals surface area contributed by atoms with Gasteiger partial charge in [-0.3, -0.25) is 24.2 Å². The maximum atomic E-state index is 12.3. The fraction of sp³-hybridized carbons (Fsp3) is 0.714. The maximum Gasteiger partial charge on any atom is 0.322 e. The van der Waals surface area contributed by atoms with E-state index in [-0.39, 0.29) is 5.92 Å². The Morgan fingerprint density at radius 2 is 1.96 bits per heavy atom. The van der Waals surface area contributed by atoms with E-state index in [1.165, 1.54) is 11.9 Å². The molecular formula is C14H24N4O5. The van der Waals surface area contributed by atoms with Crippen molar-refractivity contribution in [3.05, 3.63) is 0 Å². The minimum absolute atomic E-state index is 0.132. The zero-order valence-electron chi connectivity index (χ0n) is 13.5. The third-order valence-electron chi connectivity index (χ3n) is 3.68. The van der Waals surface area contributed by atoms with E-state index in [1.807, 2.05) is 0 Å². The number of hydrazine groups is 1. The molecule has 9 heteroatoms. The smallest absolute Gasteiger partial charge is 0.322 e. The van der Waals surface area contributed by atoms with Crippen LogP contribution in [0.2, 0.25) is 0 Å². The Bertz CT molecular complexity index is 468. The van der Waals surface area contributed by atoms with Crippen LogP contribution < -0.4 is 16.1 Å². The average Bonchev–Trinajstić information content (AvgIpc) is 2.51. The predicted molar refractivity (Wildman–Crippen MR) is 80.9 cm³/mol. The highest BCUT2D eigenvalue weighted by atomic mass is 16.4. The van der Waals surface area contributed by atoms with Crippen LogP contribution in [0.25, 0.3) is 0 Å². The van der Waals surface area contributed by atoms with Crippen LogP contribution in [-0.2, 0) is 19.2 Å². The molecule has 0 aliphatic carbocycles. The Hall–Kier alpha value is -2.16. The number of hydrogen-bond donors (Lipinski definition) is 4. The van der Waals surface area contributed by atoms with Gasteiger partial charge in [0.15, 0.2) is 0 Å². The molecular weight excluding hydrogens is 304 g/mol. The summed E-state index contributed by atoms with van der Waals surface area (Å²) in [4.78, 5) is 46.0. The van der Waals surface area contributed by atoms with Crippen LogP contribution in [0, 0.1) is 5.92 Å². The van der Waals surface area contributed by atoms with Crippen LogP contribution in [0.15, 0.2) is 0 Å². The fourth-order valence-electron chi connectivity index (χ4n) is 2.37. The summed E-state index contributed by atoms with van der Waals surface area (Å²) in [5, 5.41) is 15.2. The number of carboxylic acids is 1. The highest BCUT2D eigenvalue weighted by Gasteiger charge is 2.31. The molecule has 0 radical (unpaired) electrons.